The molecule has 1 heterocycles. The van der Waals surface area contributed by atoms with Gasteiger partial charge >= 0.3 is 0 Å². The standard InChI is InChI=1S/C14H15N3/c1-3-8-13-14(12-9-6-5-7-10-12)15-16-17(13)11-4-2/h3-7,9-10H,1-2,8,11H2. The molecule has 0 saturated heterocycles. The zero-order valence-electron chi connectivity index (χ0n) is 9.71. The molecule has 0 spiro atoms. The van der Waals surface area contributed by atoms with E-state index in [2.05, 4.69) is 23.5 Å². The lowest BCUT2D eigenvalue weighted by Crippen LogP contribution is -2.03. The molecule has 0 atom stereocenters. The van der Waals surface area contributed by atoms with Gasteiger partial charge in [-0.05, 0) is 0 Å². The smallest absolute Gasteiger partial charge is 0.116 e. The normalized spacial score (nSPS) is 10.1. The van der Waals surface area contributed by atoms with E-state index < -0.39 is 0 Å². The molecule has 86 valence electrons. The summed E-state index contributed by atoms with van der Waals surface area (Å²) >= 11 is 0. The van der Waals surface area contributed by atoms with Crippen LogP contribution < -0.4 is 0 Å². The number of rotatable bonds is 5. The number of hydrogen-bond acceptors (Lipinski definition) is 2. The maximum atomic E-state index is 4.24. The highest BCUT2D eigenvalue weighted by molar-refractivity contribution is 5.61. The summed E-state index contributed by atoms with van der Waals surface area (Å²) in [6.07, 6.45) is 4.44. The molecule has 3 heteroatoms. The van der Waals surface area contributed by atoms with E-state index in [1.165, 1.54) is 0 Å². The highest BCUT2D eigenvalue weighted by Gasteiger charge is 2.12. The average molecular weight is 225 g/mol. The molecule has 1 aromatic carbocycles. The van der Waals surface area contributed by atoms with Crippen molar-refractivity contribution in [2.24, 2.45) is 0 Å². The van der Waals surface area contributed by atoms with Crippen LogP contribution in [0.1, 0.15) is 5.69 Å². The first-order valence-corrected chi connectivity index (χ1v) is 5.56. The van der Waals surface area contributed by atoms with Crippen LogP contribution in [0, 0.1) is 0 Å². The van der Waals surface area contributed by atoms with Gasteiger partial charge in [0.15, 0.2) is 0 Å². The molecule has 0 bridgehead atoms. The first-order chi connectivity index (χ1) is 8.36. The van der Waals surface area contributed by atoms with Gasteiger partial charge in [-0.25, -0.2) is 4.68 Å². The highest BCUT2D eigenvalue weighted by Crippen LogP contribution is 2.21. The van der Waals surface area contributed by atoms with Crippen LogP contribution in [0.15, 0.2) is 55.6 Å². The van der Waals surface area contributed by atoms with Crippen LogP contribution in [-0.4, -0.2) is 15.0 Å². The van der Waals surface area contributed by atoms with Gasteiger partial charge in [0.1, 0.15) is 5.69 Å². The summed E-state index contributed by atoms with van der Waals surface area (Å²) in [5.74, 6) is 0. The lowest BCUT2D eigenvalue weighted by Gasteiger charge is -2.03. The molecule has 2 aromatic rings. The molecular weight excluding hydrogens is 210 g/mol. The maximum absolute atomic E-state index is 4.24. The van der Waals surface area contributed by atoms with E-state index in [1.54, 1.807) is 0 Å². The molecule has 0 fully saturated rings. The second-order valence-electron chi connectivity index (χ2n) is 3.71. The molecule has 0 radical (unpaired) electrons. The minimum Gasteiger partial charge on any atom is -0.245 e. The molecule has 0 aliphatic rings. The van der Waals surface area contributed by atoms with Crippen LogP contribution >= 0.6 is 0 Å². The van der Waals surface area contributed by atoms with Crippen molar-refractivity contribution >= 4 is 0 Å². The van der Waals surface area contributed by atoms with Crippen molar-refractivity contribution in [3.05, 3.63) is 61.3 Å². The Morgan fingerprint density at radius 1 is 1.12 bits per heavy atom. The van der Waals surface area contributed by atoms with Gasteiger partial charge in [-0.15, -0.1) is 18.3 Å². The minimum absolute atomic E-state index is 0.670. The van der Waals surface area contributed by atoms with Crippen molar-refractivity contribution < 1.29 is 0 Å². The number of nitrogens with zero attached hydrogens (tertiary/aromatic N) is 3. The summed E-state index contributed by atoms with van der Waals surface area (Å²) < 4.78 is 1.86. The quantitative estimate of drug-likeness (QED) is 0.732. The van der Waals surface area contributed by atoms with E-state index in [4.69, 9.17) is 0 Å². The molecule has 2 rings (SSSR count). The summed E-state index contributed by atoms with van der Waals surface area (Å²) in [7, 11) is 0. The lowest BCUT2D eigenvalue weighted by molar-refractivity contribution is 0.638. The zero-order valence-corrected chi connectivity index (χ0v) is 9.71. The van der Waals surface area contributed by atoms with Crippen molar-refractivity contribution in [2.45, 2.75) is 13.0 Å². The van der Waals surface area contributed by atoms with Crippen molar-refractivity contribution in [1.29, 1.82) is 0 Å². The Labute approximate surface area is 101 Å². The monoisotopic (exact) mass is 225 g/mol. The molecular formula is C14H15N3. The molecule has 17 heavy (non-hydrogen) atoms. The fourth-order valence-corrected chi connectivity index (χ4v) is 1.76. The van der Waals surface area contributed by atoms with E-state index in [0.717, 1.165) is 23.4 Å². The highest BCUT2D eigenvalue weighted by atomic mass is 15.4. The SMILES string of the molecule is C=CCc1c(-c2ccccc2)nnn1CC=C. The van der Waals surface area contributed by atoms with Crippen molar-refractivity contribution in [2.75, 3.05) is 0 Å². The summed E-state index contributed by atoms with van der Waals surface area (Å²) in [6, 6.07) is 10.1. The third kappa shape index (κ3) is 2.33. The van der Waals surface area contributed by atoms with Crippen molar-refractivity contribution in [3.63, 3.8) is 0 Å². The lowest BCUT2D eigenvalue weighted by atomic mass is 10.1. The third-order valence-electron chi connectivity index (χ3n) is 2.52. The minimum atomic E-state index is 0.670. The summed E-state index contributed by atoms with van der Waals surface area (Å²) in [4.78, 5) is 0. The van der Waals surface area contributed by atoms with Gasteiger partial charge in [0, 0.05) is 12.0 Å². The number of hydrogen-bond donors (Lipinski definition) is 0. The predicted octanol–water partition coefficient (Wildman–Crippen LogP) is 2.86. The largest absolute Gasteiger partial charge is 0.245 e. The van der Waals surface area contributed by atoms with E-state index in [9.17, 15) is 0 Å². The topological polar surface area (TPSA) is 30.7 Å². The molecule has 0 N–H and O–H groups in total. The van der Waals surface area contributed by atoms with E-state index in [1.807, 2.05) is 47.2 Å². The Kier molecular flexibility index (Phi) is 3.50. The Hall–Kier alpha value is -2.16. The zero-order chi connectivity index (χ0) is 12.1. The fraction of sp³-hybridized carbons (Fsp3) is 0.143. The molecule has 1 aromatic heterocycles. The van der Waals surface area contributed by atoms with E-state index >= 15 is 0 Å². The average Bonchev–Trinajstić information content (AvgIpc) is 2.75. The molecule has 0 aliphatic carbocycles. The van der Waals surface area contributed by atoms with Crippen molar-refractivity contribution in [3.8, 4) is 11.3 Å². The number of aromatic nitrogens is 3. The van der Waals surface area contributed by atoms with Crippen LogP contribution in [0.25, 0.3) is 11.3 Å². The Morgan fingerprint density at radius 3 is 2.53 bits per heavy atom. The second-order valence-corrected chi connectivity index (χ2v) is 3.71. The molecule has 0 saturated carbocycles. The van der Waals surface area contributed by atoms with Crippen LogP contribution in [0.5, 0.6) is 0 Å². The summed E-state index contributed by atoms with van der Waals surface area (Å²) in [5, 5.41) is 8.39. The van der Waals surface area contributed by atoms with Gasteiger partial charge in [-0.1, -0.05) is 47.7 Å². The predicted molar refractivity (Wildman–Crippen MR) is 69.6 cm³/mol. The van der Waals surface area contributed by atoms with Gasteiger partial charge in [0.25, 0.3) is 0 Å². The van der Waals surface area contributed by atoms with Crippen LogP contribution in [-0.2, 0) is 13.0 Å². The summed E-state index contributed by atoms with van der Waals surface area (Å²) in [6.45, 7) is 8.17. The number of benzene rings is 1. The third-order valence-corrected chi connectivity index (χ3v) is 2.52. The fourth-order valence-electron chi connectivity index (χ4n) is 1.76. The van der Waals surface area contributed by atoms with Crippen LogP contribution in [0.3, 0.4) is 0 Å². The van der Waals surface area contributed by atoms with Crippen LogP contribution in [0.2, 0.25) is 0 Å². The molecule has 0 amide bonds. The van der Waals surface area contributed by atoms with Crippen LogP contribution in [0.4, 0.5) is 0 Å². The Bertz CT molecular complexity index is 512. The van der Waals surface area contributed by atoms with Gasteiger partial charge in [0.05, 0.1) is 12.2 Å². The van der Waals surface area contributed by atoms with Crippen molar-refractivity contribution in [1.82, 2.24) is 15.0 Å². The van der Waals surface area contributed by atoms with E-state index in [-0.39, 0.29) is 0 Å². The Balaban J connectivity index is 2.46. The van der Waals surface area contributed by atoms with Gasteiger partial charge in [-0.2, -0.15) is 0 Å². The van der Waals surface area contributed by atoms with Gasteiger partial charge in [0.2, 0.25) is 0 Å². The Morgan fingerprint density at radius 2 is 1.88 bits per heavy atom. The number of allylic oxidation sites excluding steroid dienone is 2. The first-order valence-electron chi connectivity index (χ1n) is 5.56. The maximum Gasteiger partial charge on any atom is 0.116 e. The van der Waals surface area contributed by atoms with Gasteiger partial charge < -0.3 is 0 Å². The summed E-state index contributed by atoms with van der Waals surface area (Å²) in [5.41, 5.74) is 3.08. The second kappa shape index (κ2) is 5.25. The van der Waals surface area contributed by atoms with Gasteiger partial charge in [-0.3, -0.25) is 0 Å². The van der Waals surface area contributed by atoms with E-state index in [0.29, 0.717) is 6.54 Å². The molecule has 3 nitrogen and oxygen atoms in total. The molecule has 0 unspecified atom stereocenters. The molecule has 0 aliphatic heterocycles. The first kappa shape index (κ1) is 11.3.